The predicted octanol–water partition coefficient (Wildman–Crippen LogP) is 0.807. The van der Waals surface area contributed by atoms with Crippen LogP contribution in [0.15, 0.2) is 23.1 Å². The van der Waals surface area contributed by atoms with Crippen molar-refractivity contribution in [2.24, 2.45) is 0 Å². The van der Waals surface area contributed by atoms with E-state index in [1.807, 2.05) is 19.0 Å². The fraction of sp³-hybridized carbons (Fsp3) is 0.500. The molecule has 5 nitrogen and oxygen atoms in total. The average molecular weight is 271 g/mol. The molecule has 0 aliphatic carbocycles. The van der Waals surface area contributed by atoms with E-state index >= 15 is 0 Å². The van der Waals surface area contributed by atoms with Gasteiger partial charge < -0.3 is 10.6 Å². The van der Waals surface area contributed by atoms with Gasteiger partial charge in [0.25, 0.3) is 0 Å². The highest BCUT2D eigenvalue weighted by Crippen LogP contribution is 2.19. The summed E-state index contributed by atoms with van der Waals surface area (Å²) in [7, 11) is 0.450. The number of nitrogens with one attached hydrogen (secondary N) is 1. The summed E-state index contributed by atoms with van der Waals surface area (Å²) in [4.78, 5) is 2.27. The number of nitrogens with zero attached hydrogens (tertiary/aromatic N) is 1. The summed E-state index contributed by atoms with van der Waals surface area (Å²) in [5.74, 6) is 0. The first-order chi connectivity index (χ1) is 8.34. The topological polar surface area (TPSA) is 75.4 Å². The monoisotopic (exact) mass is 271 g/mol. The van der Waals surface area contributed by atoms with Crippen LogP contribution in [0, 0.1) is 6.92 Å². The number of rotatable bonds is 6. The van der Waals surface area contributed by atoms with E-state index in [1.165, 1.54) is 0 Å². The lowest BCUT2D eigenvalue weighted by molar-refractivity contribution is 0.400. The van der Waals surface area contributed by atoms with Crippen molar-refractivity contribution in [1.82, 2.24) is 9.62 Å². The van der Waals surface area contributed by atoms with Gasteiger partial charge in [0.2, 0.25) is 10.0 Å². The van der Waals surface area contributed by atoms with Crippen molar-refractivity contribution in [2.45, 2.75) is 18.2 Å². The van der Waals surface area contributed by atoms with Crippen molar-refractivity contribution in [2.75, 3.05) is 32.9 Å². The Kier molecular flexibility index (Phi) is 5.13. The zero-order valence-electron chi connectivity index (χ0n) is 11.1. The number of nitrogens with two attached hydrogens (primary N) is 1. The number of hydrogen-bond donors (Lipinski definition) is 2. The van der Waals surface area contributed by atoms with Gasteiger partial charge in [-0.1, -0.05) is 6.07 Å². The van der Waals surface area contributed by atoms with Crippen LogP contribution in [-0.4, -0.2) is 40.5 Å². The standard InChI is InChI=1S/C12H21N3O2S/c1-10-11(13)6-4-7-12(10)18(16,17)14-8-5-9-15(2)3/h4,6-7,14H,5,8-9,13H2,1-3H3. The van der Waals surface area contributed by atoms with Gasteiger partial charge in [-0.05, 0) is 51.7 Å². The molecule has 1 aromatic carbocycles. The highest BCUT2D eigenvalue weighted by molar-refractivity contribution is 7.89. The first-order valence-corrected chi connectivity index (χ1v) is 7.32. The molecular formula is C12H21N3O2S. The summed E-state index contributed by atoms with van der Waals surface area (Å²) in [5.41, 5.74) is 6.80. The maximum Gasteiger partial charge on any atom is 0.240 e. The van der Waals surface area contributed by atoms with Gasteiger partial charge >= 0.3 is 0 Å². The Balaban J connectivity index is 2.72. The molecule has 0 aromatic heterocycles. The quantitative estimate of drug-likeness (QED) is 0.593. The lowest BCUT2D eigenvalue weighted by atomic mass is 10.2. The molecular weight excluding hydrogens is 250 g/mol. The number of hydrogen-bond acceptors (Lipinski definition) is 4. The third-order valence-corrected chi connectivity index (χ3v) is 4.30. The molecule has 102 valence electrons. The zero-order chi connectivity index (χ0) is 13.8. The highest BCUT2D eigenvalue weighted by atomic mass is 32.2. The minimum atomic E-state index is -3.46. The van der Waals surface area contributed by atoms with Crippen LogP contribution in [0.3, 0.4) is 0 Å². The van der Waals surface area contributed by atoms with Crippen LogP contribution in [0.1, 0.15) is 12.0 Å². The molecule has 0 unspecified atom stereocenters. The second-order valence-corrected chi connectivity index (χ2v) is 6.26. The Morgan fingerprint density at radius 3 is 2.61 bits per heavy atom. The summed E-state index contributed by atoms with van der Waals surface area (Å²) in [6, 6.07) is 4.91. The third-order valence-electron chi connectivity index (χ3n) is 2.69. The largest absolute Gasteiger partial charge is 0.398 e. The van der Waals surface area contributed by atoms with E-state index in [-0.39, 0.29) is 4.90 Å². The average Bonchev–Trinajstić information content (AvgIpc) is 2.28. The van der Waals surface area contributed by atoms with Gasteiger partial charge in [0.05, 0.1) is 4.90 Å². The first-order valence-electron chi connectivity index (χ1n) is 5.84. The van der Waals surface area contributed by atoms with Crippen molar-refractivity contribution >= 4 is 15.7 Å². The Morgan fingerprint density at radius 2 is 2.00 bits per heavy atom. The molecule has 0 saturated heterocycles. The van der Waals surface area contributed by atoms with Gasteiger partial charge in [-0.2, -0.15) is 0 Å². The molecule has 0 atom stereocenters. The predicted molar refractivity (Wildman–Crippen MR) is 74.0 cm³/mol. The normalized spacial score (nSPS) is 12.0. The summed E-state index contributed by atoms with van der Waals surface area (Å²) in [6.07, 6.45) is 0.771. The summed E-state index contributed by atoms with van der Waals surface area (Å²) in [5, 5.41) is 0. The van der Waals surface area contributed by atoms with Crippen molar-refractivity contribution in [1.29, 1.82) is 0 Å². The molecule has 0 bridgehead atoms. The molecule has 0 amide bonds. The van der Waals surface area contributed by atoms with E-state index in [2.05, 4.69) is 4.72 Å². The Hall–Kier alpha value is -1.11. The Bertz CT molecular complexity index is 498. The van der Waals surface area contributed by atoms with E-state index in [0.717, 1.165) is 13.0 Å². The molecule has 0 heterocycles. The fourth-order valence-corrected chi connectivity index (χ4v) is 2.95. The van der Waals surface area contributed by atoms with Crippen LogP contribution in [0.4, 0.5) is 5.69 Å². The summed E-state index contributed by atoms with van der Waals surface area (Å²) < 4.78 is 26.7. The molecule has 0 fully saturated rings. The van der Waals surface area contributed by atoms with Gasteiger partial charge in [-0.15, -0.1) is 0 Å². The van der Waals surface area contributed by atoms with E-state index in [0.29, 0.717) is 17.8 Å². The molecule has 0 radical (unpaired) electrons. The molecule has 0 saturated carbocycles. The van der Waals surface area contributed by atoms with Crippen molar-refractivity contribution in [3.8, 4) is 0 Å². The van der Waals surface area contributed by atoms with E-state index < -0.39 is 10.0 Å². The Labute approximate surface area is 109 Å². The number of benzene rings is 1. The highest BCUT2D eigenvalue weighted by Gasteiger charge is 2.16. The summed E-state index contributed by atoms with van der Waals surface area (Å²) in [6.45, 7) is 2.98. The lowest BCUT2D eigenvalue weighted by Gasteiger charge is -2.12. The van der Waals surface area contributed by atoms with Crippen LogP contribution in [0.25, 0.3) is 0 Å². The number of anilines is 1. The molecule has 0 aliphatic heterocycles. The van der Waals surface area contributed by atoms with E-state index in [1.54, 1.807) is 25.1 Å². The molecule has 3 N–H and O–H groups in total. The smallest absolute Gasteiger partial charge is 0.240 e. The second kappa shape index (κ2) is 6.17. The molecule has 18 heavy (non-hydrogen) atoms. The third kappa shape index (κ3) is 3.97. The van der Waals surface area contributed by atoms with Gasteiger partial charge in [0, 0.05) is 12.2 Å². The van der Waals surface area contributed by atoms with Crippen molar-refractivity contribution < 1.29 is 8.42 Å². The maximum atomic E-state index is 12.1. The van der Waals surface area contributed by atoms with Crippen LogP contribution in [0.2, 0.25) is 0 Å². The van der Waals surface area contributed by atoms with E-state index in [9.17, 15) is 8.42 Å². The molecule has 1 aromatic rings. The van der Waals surface area contributed by atoms with Gasteiger partial charge in [-0.3, -0.25) is 0 Å². The van der Waals surface area contributed by atoms with Gasteiger partial charge in [-0.25, -0.2) is 13.1 Å². The molecule has 0 spiro atoms. The minimum absolute atomic E-state index is 0.257. The van der Waals surface area contributed by atoms with Crippen molar-refractivity contribution in [3.63, 3.8) is 0 Å². The number of sulfonamides is 1. The van der Waals surface area contributed by atoms with Gasteiger partial charge in [0.15, 0.2) is 0 Å². The van der Waals surface area contributed by atoms with Crippen LogP contribution in [0.5, 0.6) is 0 Å². The SMILES string of the molecule is Cc1c(N)cccc1S(=O)(=O)NCCCN(C)C. The summed E-state index contributed by atoms with van der Waals surface area (Å²) >= 11 is 0. The molecule has 6 heteroatoms. The molecule has 1 rings (SSSR count). The van der Waals surface area contributed by atoms with E-state index in [4.69, 9.17) is 5.73 Å². The second-order valence-electron chi connectivity index (χ2n) is 4.52. The van der Waals surface area contributed by atoms with Crippen LogP contribution < -0.4 is 10.5 Å². The molecule has 0 aliphatic rings. The number of nitrogen functional groups attached to an aromatic ring is 1. The zero-order valence-corrected chi connectivity index (χ0v) is 11.9. The van der Waals surface area contributed by atoms with Crippen molar-refractivity contribution in [3.05, 3.63) is 23.8 Å². The van der Waals surface area contributed by atoms with Crippen LogP contribution in [-0.2, 0) is 10.0 Å². The minimum Gasteiger partial charge on any atom is -0.398 e. The van der Waals surface area contributed by atoms with Gasteiger partial charge in [0.1, 0.15) is 0 Å². The fourth-order valence-electron chi connectivity index (χ4n) is 1.60. The lowest BCUT2D eigenvalue weighted by Crippen LogP contribution is -2.28. The van der Waals surface area contributed by atoms with Crippen LogP contribution >= 0.6 is 0 Å². The maximum absolute atomic E-state index is 12.1. The Morgan fingerprint density at radius 1 is 1.33 bits per heavy atom. The first kappa shape index (κ1) is 14.9.